The number of hydrogen-bond acceptors (Lipinski definition) is 4. The van der Waals surface area contributed by atoms with Crippen LogP contribution in [0.5, 0.6) is 0 Å². The number of anilines is 1. The van der Waals surface area contributed by atoms with Crippen LogP contribution in [0.3, 0.4) is 0 Å². The standard InChI is InChI=1S/C20H24N2O4/c1-12(2)22(16-9-7-6-8-10-16)17(24)11-26-20(25)19-13(3)18(15(5)23)14(4)21-19/h6-10,12,21H,11H2,1-5H3. The smallest absolute Gasteiger partial charge is 0.355 e. The Labute approximate surface area is 153 Å². The van der Waals surface area contributed by atoms with Gasteiger partial charge in [0, 0.05) is 23.0 Å². The van der Waals surface area contributed by atoms with Crippen LogP contribution >= 0.6 is 0 Å². The van der Waals surface area contributed by atoms with Crippen molar-refractivity contribution in [3.63, 3.8) is 0 Å². The summed E-state index contributed by atoms with van der Waals surface area (Å²) in [6.07, 6.45) is 0. The van der Waals surface area contributed by atoms with E-state index in [2.05, 4.69) is 4.98 Å². The van der Waals surface area contributed by atoms with Crippen molar-refractivity contribution >= 4 is 23.3 Å². The SMILES string of the molecule is CC(=O)c1c(C)[nH]c(C(=O)OCC(=O)N(c2ccccc2)C(C)C)c1C. The number of hydrogen-bond donors (Lipinski definition) is 1. The molecule has 2 rings (SSSR count). The zero-order chi connectivity index (χ0) is 19.4. The minimum absolute atomic E-state index is 0.0811. The van der Waals surface area contributed by atoms with Crippen LogP contribution in [0.4, 0.5) is 5.69 Å². The lowest BCUT2D eigenvalue weighted by atomic mass is 10.1. The van der Waals surface area contributed by atoms with Crippen molar-refractivity contribution in [1.82, 2.24) is 4.98 Å². The maximum Gasteiger partial charge on any atom is 0.355 e. The molecule has 1 aromatic heterocycles. The number of aromatic amines is 1. The van der Waals surface area contributed by atoms with Gasteiger partial charge >= 0.3 is 5.97 Å². The monoisotopic (exact) mass is 356 g/mol. The van der Waals surface area contributed by atoms with E-state index in [4.69, 9.17) is 4.74 Å². The van der Waals surface area contributed by atoms with Crippen molar-refractivity contribution in [3.05, 3.63) is 52.8 Å². The number of amides is 1. The largest absolute Gasteiger partial charge is 0.451 e. The van der Waals surface area contributed by atoms with Crippen LogP contribution in [0.25, 0.3) is 0 Å². The van der Waals surface area contributed by atoms with E-state index < -0.39 is 5.97 Å². The minimum Gasteiger partial charge on any atom is -0.451 e. The van der Waals surface area contributed by atoms with Gasteiger partial charge < -0.3 is 14.6 Å². The van der Waals surface area contributed by atoms with Crippen molar-refractivity contribution in [3.8, 4) is 0 Å². The summed E-state index contributed by atoms with van der Waals surface area (Å²) in [4.78, 5) is 41.1. The number of benzene rings is 1. The van der Waals surface area contributed by atoms with Crippen molar-refractivity contribution in [1.29, 1.82) is 0 Å². The molecule has 0 atom stereocenters. The number of H-pyrrole nitrogens is 1. The van der Waals surface area contributed by atoms with Crippen LogP contribution < -0.4 is 4.90 Å². The predicted octanol–water partition coefficient (Wildman–Crippen LogP) is 3.43. The lowest BCUT2D eigenvalue weighted by Gasteiger charge is -2.26. The topological polar surface area (TPSA) is 79.5 Å². The van der Waals surface area contributed by atoms with Crippen LogP contribution in [-0.2, 0) is 9.53 Å². The highest BCUT2D eigenvalue weighted by atomic mass is 16.5. The summed E-state index contributed by atoms with van der Waals surface area (Å²) >= 11 is 0. The summed E-state index contributed by atoms with van der Waals surface area (Å²) in [5.41, 5.74) is 2.58. The first-order valence-corrected chi connectivity index (χ1v) is 8.48. The van der Waals surface area contributed by atoms with E-state index in [0.29, 0.717) is 16.8 Å². The van der Waals surface area contributed by atoms with E-state index in [-0.39, 0.29) is 30.0 Å². The molecule has 138 valence electrons. The van der Waals surface area contributed by atoms with Crippen molar-refractivity contribution in [2.75, 3.05) is 11.5 Å². The number of nitrogens with one attached hydrogen (secondary N) is 1. The lowest BCUT2D eigenvalue weighted by molar-refractivity contribution is -0.122. The molecule has 6 heteroatoms. The fraction of sp³-hybridized carbons (Fsp3) is 0.350. The molecule has 2 aromatic rings. The van der Waals surface area contributed by atoms with Crippen molar-refractivity contribution in [2.24, 2.45) is 0 Å². The summed E-state index contributed by atoms with van der Waals surface area (Å²) in [5.74, 6) is -1.09. The van der Waals surface area contributed by atoms with Gasteiger partial charge in [-0.1, -0.05) is 18.2 Å². The van der Waals surface area contributed by atoms with Gasteiger partial charge in [-0.25, -0.2) is 4.79 Å². The third-order valence-corrected chi connectivity index (χ3v) is 4.14. The Morgan fingerprint density at radius 3 is 2.23 bits per heavy atom. The molecule has 1 aromatic carbocycles. The first kappa shape index (κ1) is 19.4. The Bertz CT molecular complexity index is 822. The lowest BCUT2D eigenvalue weighted by Crippen LogP contribution is -2.40. The van der Waals surface area contributed by atoms with Gasteiger partial charge in [-0.05, 0) is 52.3 Å². The molecule has 0 unspecified atom stereocenters. The summed E-state index contributed by atoms with van der Waals surface area (Å²) in [6, 6.07) is 9.14. The molecule has 1 heterocycles. The van der Waals surface area contributed by atoms with Crippen LogP contribution in [0.15, 0.2) is 30.3 Å². The Morgan fingerprint density at radius 1 is 1.12 bits per heavy atom. The number of nitrogens with zero attached hydrogens (tertiary/aromatic N) is 1. The van der Waals surface area contributed by atoms with Gasteiger partial charge in [-0.15, -0.1) is 0 Å². The second-order valence-electron chi connectivity index (χ2n) is 6.45. The molecule has 26 heavy (non-hydrogen) atoms. The van der Waals surface area contributed by atoms with Crippen LogP contribution in [0, 0.1) is 13.8 Å². The molecule has 0 saturated heterocycles. The Balaban J connectivity index is 2.12. The number of ketones is 1. The minimum atomic E-state index is -0.650. The summed E-state index contributed by atoms with van der Waals surface area (Å²) in [7, 11) is 0. The molecular weight excluding hydrogens is 332 g/mol. The van der Waals surface area contributed by atoms with Gasteiger partial charge in [0.25, 0.3) is 5.91 Å². The number of ether oxygens (including phenoxy) is 1. The van der Waals surface area contributed by atoms with Gasteiger partial charge in [-0.3, -0.25) is 9.59 Å². The molecule has 0 spiro atoms. The Kier molecular flexibility index (Phi) is 5.97. The average molecular weight is 356 g/mol. The number of rotatable bonds is 6. The predicted molar refractivity (Wildman–Crippen MR) is 99.6 cm³/mol. The third-order valence-electron chi connectivity index (χ3n) is 4.14. The number of Topliss-reactive ketones (excluding diaryl/α,β-unsaturated/α-hetero) is 1. The Hall–Kier alpha value is -2.89. The van der Waals surface area contributed by atoms with E-state index in [1.807, 2.05) is 44.2 Å². The van der Waals surface area contributed by atoms with E-state index >= 15 is 0 Å². The molecule has 0 fully saturated rings. The van der Waals surface area contributed by atoms with Crippen LogP contribution in [-0.4, -0.2) is 35.3 Å². The maximum atomic E-state index is 12.6. The fourth-order valence-electron chi connectivity index (χ4n) is 3.07. The normalized spacial score (nSPS) is 10.7. The summed E-state index contributed by atoms with van der Waals surface area (Å²) in [5, 5.41) is 0. The summed E-state index contributed by atoms with van der Waals surface area (Å²) in [6.45, 7) is 8.26. The molecule has 0 bridgehead atoms. The van der Waals surface area contributed by atoms with Crippen molar-refractivity contribution in [2.45, 2.75) is 40.7 Å². The van der Waals surface area contributed by atoms with Crippen LogP contribution in [0.1, 0.15) is 52.9 Å². The molecule has 6 nitrogen and oxygen atoms in total. The van der Waals surface area contributed by atoms with Crippen molar-refractivity contribution < 1.29 is 19.1 Å². The molecule has 0 radical (unpaired) electrons. The quantitative estimate of drug-likeness (QED) is 0.635. The number of esters is 1. The maximum absolute atomic E-state index is 12.6. The highest BCUT2D eigenvalue weighted by Crippen LogP contribution is 2.20. The van der Waals surface area contributed by atoms with E-state index in [1.54, 1.807) is 18.7 Å². The third kappa shape index (κ3) is 4.02. The van der Waals surface area contributed by atoms with Gasteiger partial charge in [0.1, 0.15) is 5.69 Å². The van der Waals surface area contributed by atoms with Gasteiger partial charge in [0.2, 0.25) is 0 Å². The van der Waals surface area contributed by atoms with Gasteiger partial charge in [-0.2, -0.15) is 0 Å². The molecule has 0 saturated carbocycles. The van der Waals surface area contributed by atoms with Gasteiger partial charge in [0.15, 0.2) is 12.4 Å². The first-order valence-electron chi connectivity index (χ1n) is 8.48. The first-order chi connectivity index (χ1) is 12.2. The number of para-hydroxylation sites is 1. The average Bonchev–Trinajstić information content (AvgIpc) is 2.88. The zero-order valence-electron chi connectivity index (χ0n) is 15.8. The van der Waals surface area contributed by atoms with Gasteiger partial charge in [0.05, 0.1) is 0 Å². The molecular formula is C20H24N2O4. The highest BCUT2D eigenvalue weighted by molar-refractivity contribution is 6.02. The van der Waals surface area contributed by atoms with Crippen LogP contribution in [0.2, 0.25) is 0 Å². The second kappa shape index (κ2) is 7.99. The summed E-state index contributed by atoms with van der Waals surface area (Å²) < 4.78 is 5.20. The Morgan fingerprint density at radius 2 is 1.73 bits per heavy atom. The second-order valence-corrected chi connectivity index (χ2v) is 6.45. The molecule has 0 aliphatic carbocycles. The van der Waals surface area contributed by atoms with E-state index in [9.17, 15) is 14.4 Å². The molecule has 0 aliphatic rings. The highest BCUT2D eigenvalue weighted by Gasteiger charge is 2.24. The molecule has 1 N–H and O–H groups in total. The number of carbonyl (C=O) groups excluding carboxylic acids is 3. The number of carbonyl (C=O) groups is 3. The number of aromatic nitrogens is 1. The zero-order valence-corrected chi connectivity index (χ0v) is 15.8. The fourth-order valence-corrected chi connectivity index (χ4v) is 3.07. The van der Waals surface area contributed by atoms with E-state index in [1.165, 1.54) is 6.92 Å². The number of aryl methyl sites for hydroxylation is 1. The molecule has 1 amide bonds. The molecule has 0 aliphatic heterocycles. The van der Waals surface area contributed by atoms with E-state index in [0.717, 1.165) is 5.69 Å².